The molecule has 0 aromatic heterocycles. The second kappa shape index (κ2) is 7.90. The summed E-state index contributed by atoms with van der Waals surface area (Å²) in [7, 11) is 0. The van der Waals surface area contributed by atoms with Gasteiger partial charge in [0.1, 0.15) is 0 Å². The highest BCUT2D eigenvalue weighted by atomic mass is 79.9. The molecule has 0 radical (unpaired) electrons. The van der Waals surface area contributed by atoms with Crippen LogP contribution in [0.15, 0.2) is 22.7 Å². The number of hydrogen-bond donors (Lipinski definition) is 1. The van der Waals surface area contributed by atoms with E-state index in [1.54, 1.807) is 12.1 Å². The number of nitro benzene ring substituents is 1. The summed E-state index contributed by atoms with van der Waals surface area (Å²) in [5, 5.41) is 14.4. The van der Waals surface area contributed by atoms with Crippen molar-refractivity contribution < 1.29 is 4.92 Å². The summed E-state index contributed by atoms with van der Waals surface area (Å²) in [6.07, 6.45) is 6.53. The van der Waals surface area contributed by atoms with E-state index in [0.717, 1.165) is 28.4 Å². The SMILES string of the molecule is CCC1CCC(CNCc2cc(Br)ccc2[N+](=O)[O-])CC1. The summed E-state index contributed by atoms with van der Waals surface area (Å²) in [5.74, 6) is 1.63. The summed E-state index contributed by atoms with van der Waals surface area (Å²) in [5.41, 5.74) is 0.942. The Morgan fingerprint density at radius 2 is 1.95 bits per heavy atom. The van der Waals surface area contributed by atoms with Gasteiger partial charge >= 0.3 is 0 Å². The summed E-state index contributed by atoms with van der Waals surface area (Å²) in [6.45, 7) is 3.79. The molecule has 2 rings (SSSR count). The van der Waals surface area contributed by atoms with Crippen LogP contribution in [0.1, 0.15) is 44.6 Å². The summed E-state index contributed by atoms with van der Waals surface area (Å²) in [4.78, 5) is 10.7. The van der Waals surface area contributed by atoms with Crippen LogP contribution in [-0.4, -0.2) is 11.5 Å². The molecule has 0 amide bonds. The van der Waals surface area contributed by atoms with Gasteiger partial charge in [-0.1, -0.05) is 42.1 Å². The van der Waals surface area contributed by atoms with Crippen molar-refractivity contribution in [3.05, 3.63) is 38.3 Å². The monoisotopic (exact) mass is 354 g/mol. The second-order valence-corrected chi connectivity index (χ2v) is 6.87. The van der Waals surface area contributed by atoms with Gasteiger partial charge in [-0.25, -0.2) is 0 Å². The Morgan fingerprint density at radius 1 is 1.29 bits per heavy atom. The molecule has 1 aliphatic carbocycles. The number of rotatable bonds is 6. The number of benzene rings is 1. The van der Waals surface area contributed by atoms with E-state index in [1.165, 1.54) is 32.1 Å². The van der Waals surface area contributed by atoms with E-state index in [-0.39, 0.29) is 10.6 Å². The molecule has 1 fully saturated rings. The van der Waals surface area contributed by atoms with Gasteiger partial charge in [-0.15, -0.1) is 0 Å². The van der Waals surface area contributed by atoms with Crippen LogP contribution in [0.5, 0.6) is 0 Å². The molecule has 0 aliphatic heterocycles. The van der Waals surface area contributed by atoms with Gasteiger partial charge in [0.05, 0.1) is 4.92 Å². The molecule has 0 saturated heterocycles. The van der Waals surface area contributed by atoms with Crippen molar-refractivity contribution in [2.75, 3.05) is 6.54 Å². The van der Waals surface area contributed by atoms with Crippen LogP contribution < -0.4 is 5.32 Å². The van der Waals surface area contributed by atoms with Gasteiger partial charge in [-0.05, 0) is 43.4 Å². The lowest BCUT2D eigenvalue weighted by Crippen LogP contribution is -2.26. The molecule has 21 heavy (non-hydrogen) atoms. The lowest BCUT2D eigenvalue weighted by Gasteiger charge is -2.27. The van der Waals surface area contributed by atoms with E-state index in [1.807, 2.05) is 6.07 Å². The molecule has 116 valence electrons. The minimum absolute atomic E-state index is 0.195. The lowest BCUT2D eigenvalue weighted by molar-refractivity contribution is -0.385. The van der Waals surface area contributed by atoms with Gasteiger partial charge in [-0.3, -0.25) is 10.1 Å². The van der Waals surface area contributed by atoms with E-state index in [4.69, 9.17) is 0 Å². The first-order chi connectivity index (χ1) is 10.1. The van der Waals surface area contributed by atoms with E-state index >= 15 is 0 Å². The normalized spacial score (nSPS) is 22.2. The quantitative estimate of drug-likeness (QED) is 0.596. The van der Waals surface area contributed by atoms with Crippen LogP contribution >= 0.6 is 15.9 Å². The third kappa shape index (κ3) is 4.78. The minimum Gasteiger partial charge on any atom is -0.312 e. The van der Waals surface area contributed by atoms with Gasteiger partial charge in [0.25, 0.3) is 5.69 Å². The van der Waals surface area contributed by atoms with Crippen LogP contribution in [0.2, 0.25) is 0 Å². The van der Waals surface area contributed by atoms with Gasteiger partial charge in [0, 0.05) is 22.6 Å². The minimum atomic E-state index is -0.310. The van der Waals surface area contributed by atoms with Crippen molar-refractivity contribution in [1.29, 1.82) is 0 Å². The van der Waals surface area contributed by atoms with Crippen LogP contribution in [0.25, 0.3) is 0 Å². The molecule has 0 bridgehead atoms. The highest BCUT2D eigenvalue weighted by Gasteiger charge is 2.20. The Labute approximate surface area is 134 Å². The molecule has 4 nitrogen and oxygen atoms in total. The first-order valence-electron chi connectivity index (χ1n) is 7.73. The third-order valence-electron chi connectivity index (χ3n) is 4.53. The predicted octanol–water partition coefficient (Wildman–Crippen LogP) is 4.66. The van der Waals surface area contributed by atoms with Crippen LogP contribution in [-0.2, 0) is 6.54 Å². The molecule has 1 N–H and O–H groups in total. The highest BCUT2D eigenvalue weighted by molar-refractivity contribution is 9.10. The van der Waals surface area contributed by atoms with Gasteiger partial charge in [0.2, 0.25) is 0 Å². The molecular weight excluding hydrogens is 332 g/mol. The summed E-state index contributed by atoms with van der Waals surface area (Å²) >= 11 is 3.38. The Morgan fingerprint density at radius 3 is 2.57 bits per heavy atom. The Kier molecular flexibility index (Phi) is 6.18. The number of nitro groups is 1. The molecule has 1 saturated carbocycles. The number of nitrogens with one attached hydrogen (secondary N) is 1. The maximum absolute atomic E-state index is 11.0. The standard InChI is InChI=1S/C16H23BrN2O2/c1-2-12-3-5-13(6-4-12)10-18-11-14-9-15(17)7-8-16(14)19(20)21/h7-9,12-13,18H,2-6,10-11H2,1H3. The van der Waals surface area contributed by atoms with Crippen molar-refractivity contribution in [3.8, 4) is 0 Å². The lowest BCUT2D eigenvalue weighted by atomic mass is 9.81. The zero-order valence-electron chi connectivity index (χ0n) is 12.5. The number of hydrogen-bond acceptors (Lipinski definition) is 3. The molecule has 0 heterocycles. The second-order valence-electron chi connectivity index (χ2n) is 5.96. The molecule has 1 aromatic carbocycles. The van der Waals surface area contributed by atoms with Crippen molar-refractivity contribution in [2.24, 2.45) is 11.8 Å². The fourth-order valence-corrected chi connectivity index (χ4v) is 3.54. The largest absolute Gasteiger partial charge is 0.312 e. The Bertz CT molecular complexity index is 485. The van der Waals surface area contributed by atoms with Gasteiger partial charge in [0.15, 0.2) is 0 Å². The van der Waals surface area contributed by atoms with Crippen molar-refractivity contribution >= 4 is 21.6 Å². The van der Waals surface area contributed by atoms with E-state index in [9.17, 15) is 10.1 Å². The zero-order chi connectivity index (χ0) is 15.2. The van der Waals surface area contributed by atoms with E-state index in [0.29, 0.717) is 6.54 Å². The zero-order valence-corrected chi connectivity index (χ0v) is 14.1. The molecule has 1 aromatic rings. The van der Waals surface area contributed by atoms with E-state index < -0.39 is 0 Å². The molecule has 0 spiro atoms. The summed E-state index contributed by atoms with van der Waals surface area (Å²) < 4.78 is 0.883. The molecular formula is C16H23BrN2O2. The molecule has 1 aliphatic rings. The topological polar surface area (TPSA) is 55.2 Å². The number of nitrogens with zero attached hydrogens (tertiary/aromatic N) is 1. The third-order valence-corrected chi connectivity index (χ3v) is 5.02. The number of halogens is 1. The maximum atomic E-state index is 11.0. The van der Waals surface area contributed by atoms with E-state index in [2.05, 4.69) is 28.2 Å². The smallest absolute Gasteiger partial charge is 0.273 e. The Hall–Kier alpha value is -0.940. The maximum Gasteiger partial charge on any atom is 0.273 e. The molecule has 0 unspecified atom stereocenters. The average Bonchev–Trinajstić information content (AvgIpc) is 2.48. The van der Waals surface area contributed by atoms with Crippen molar-refractivity contribution in [1.82, 2.24) is 5.32 Å². The van der Waals surface area contributed by atoms with Crippen LogP contribution in [0, 0.1) is 22.0 Å². The predicted molar refractivity (Wildman–Crippen MR) is 88.2 cm³/mol. The average molecular weight is 355 g/mol. The van der Waals surface area contributed by atoms with Crippen molar-refractivity contribution in [2.45, 2.75) is 45.6 Å². The van der Waals surface area contributed by atoms with Crippen LogP contribution in [0.3, 0.4) is 0 Å². The first-order valence-corrected chi connectivity index (χ1v) is 8.53. The highest BCUT2D eigenvalue weighted by Crippen LogP contribution is 2.30. The fourth-order valence-electron chi connectivity index (χ4n) is 3.13. The first kappa shape index (κ1) is 16.4. The fraction of sp³-hybridized carbons (Fsp3) is 0.625. The molecule has 0 atom stereocenters. The van der Waals surface area contributed by atoms with Gasteiger partial charge < -0.3 is 5.32 Å². The van der Waals surface area contributed by atoms with Crippen LogP contribution in [0.4, 0.5) is 5.69 Å². The Balaban J connectivity index is 1.84. The van der Waals surface area contributed by atoms with Gasteiger partial charge in [-0.2, -0.15) is 0 Å². The molecule has 5 heteroatoms. The van der Waals surface area contributed by atoms with Crippen molar-refractivity contribution in [3.63, 3.8) is 0 Å². The summed E-state index contributed by atoms with van der Waals surface area (Å²) in [6, 6.07) is 5.11.